The SMILES string of the molecule is O=C(CCCCCN1CC[CH]CC1)c1cccc(C(F)(F)F)c1. The van der Waals surface area contributed by atoms with Crippen molar-refractivity contribution in [2.24, 2.45) is 0 Å². The first-order valence-electron chi connectivity index (χ1n) is 8.21. The topological polar surface area (TPSA) is 20.3 Å². The molecule has 0 aromatic heterocycles. The van der Waals surface area contributed by atoms with E-state index < -0.39 is 11.7 Å². The molecule has 1 saturated heterocycles. The van der Waals surface area contributed by atoms with Gasteiger partial charge in [0.25, 0.3) is 0 Å². The zero-order valence-corrected chi connectivity index (χ0v) is 13.2. The Morgan fingerprint density at radius 2 is 1.83 bits per heavy atom. The lowest BCUT2D eigenvalue weighted by Crippen LogP contribution is -2.30. The van der Waals surface area contributed by atoms with Crippen molar-refractivity contribution in [3.63, 3.8) is 0 Å². The zero-order valence-electron chi connectivity index (χ0n) is 13.2. The summed E-state index contributed by atoms with van der Waals surface area (Å²) in [5.74, 6) is -0.205. The van der Waals surface area contributed by atoms with E-state index >= 15 is 0 Å². The van der Waals surface area contributed by atoms with E-state index in [1.165, 1.54) is 12.1 Å². The second kappa shape index (κ2) is 8.48. The molecule has 1 aliphatic rings. The molecule has 2 rings (SSSR count). The number of piperidine rings is 1. The number of likely N-dealkylation sites (tertiary alicyclic amines) is 1. The minimum absolute atomic E-state index is 0.159. The number of carbonyl (C=O) groups is 1. The molecule has 0 bridgehead atoms. The van der Waals surface area contributed by atoms with Gasteiger partial charge in [0.1, 0.15) is 0 Å². The minimum Gasteiger partial charge on any atom is -0.303 e. The summed E-state index contributed by atoms with van der Waals surface area (Å²) < 4.78 is 37.9. The van der Waals surface area contributed by atoms with Gasteiger partial charge < -0.3 is 4.90 Å². The van der Waals surface area contributed by atoms with Crippen molar-refractivity contribution in [3.05, 3.63) is 41.8 Å². The number of hydrogen-bond acceptors (Lipinski definition) is 2. The number of unbranched alkanes of at least 4 members (excludes halogenated alkanes) is 2. The van der Waals surface area contributed by atoms with Crippen LogP contribution in [0.25, 0.3) is 0 Å². The van der Waals surface area contributed by atoms with E-state index in [4.69, 9.17) is 0 Å². The Morgan fingerprint density at radius 3 is 2.52 bits per heavy atom. The second-order valence-electron chi connectivity index (χ2n) is 6.02. The molecule has 1 aromatic carbocycles. The summed E-state index contributed by atoms with van der Waals surface area (Å²) in [5.41, 5.74) is -0.600. The highest BCUT2D eigenvalue weighted by atomic mass is 19.4. The standard InChI is InChI=1S/C18H23F3NO/c19-18(20,21)16-9-7-8-15(14-16)17(23)10-3-1-4-11-22-12-5-2-6-13-22/h2,7-9,14H,1,3-6,10-13H2. The Balaban J connectivity index is 1.70. The molecular weight excluding hydrogens is 303 g/mol. The van der Waals surface area contributed by atoms with Gasteiger partial charge in [0.15, 0.2) is 5.78 Å². The third kappa shape index (κ3) is 5.98. The Hall–Kier alpha value is -1.36. The van der Waals surface area contributed by atoms with Gasteiger partial charge in [-0.05, 0) is 63.9 Å². The van der Waals surface area contributed by atoms with Crippen molar-refractivity contribution in [3.8, 4) is 0 Å². The Kier molecular flexibility index (Phi) is 6.63. The van der Waals surface area contributed by atoms with E-state index in [-0.39, 0.29) is 11.3 Å². The fraction of sp³-hybridized carbons (Fsp3) is 0.556. The van der Waals surface area contributed by atoms with Gasteiger partial charge in [-0.25, -0.2) is 0 Å². The lowest BCUT2D eigenvalue weighted by molar-refractivity contribution is -0.137. The quantitative estimate of drug-likeness (QED) is 0.532. The van der Waals surface area contributed by atoms with Crippen molar-refractivity contribution >= 4 is 5.78 Å². The number of Topliss-reactive ketones (excluding diaryl/α,β-unsaturated/α-hetero) is 1. The van der Waals surface area contributed by atoms with Crippen LogP contribution in [0.1, 0.15) is 54.4 Å². The fourth-order valence-electron chi connectivity index (χ4n) is 2.84. The van der Waals surface area contributed by atoms with Crippen LogP contribution < -0.4 is 0 Å². The summed E-state index contributed by atoms with van der Waals surface area (Å²) in [6, 6.07) is 4.70. The molecule has 23 heavy (non-hydrogen) atoms. The van der Waals surface area contributed by atoms with E-state index in [9.17, 15) is 18.0 Å². The summed E-state index contributed by atoms with van der Waals surface area (Å²) in [7, 11) is 0. The summed E-state index contributed by atoms with van der Waals surface area (Å²) in [5, 5.41) is 0. The zero-order chi connectivity index (χ0) is 16.7. The normalized spacial score (nSPS) is 16.5. The molecule has 1 radical (unpaired) electrons. The molecule has 1 aliphatic heterocycles. The first-order chi connectivity index (χ1) is 11.0. The van der Waals surface area contributed by atoms with Gasteiger partial charge in [0.2, 0.25) is 0 Å². The molecule has 0 amide bonds. The van der Waals surface area contributed by atoms with Gasteiger partial charge >= 0.3 is 6.18 Å². The first kappa shape index (κ1) is 18.0. The van der Waals surface area contributed by atoms with Crippen LogP contribution >= 0.6 is 0 Å². The van der Waals surface area contributed by atoms with Crippen LogP contribution in [0.4, 0.5) is 13.2 Å². The largest absolute Gasteiger partial charge is 0.416 e. The maximum atomic E-state index is 12.6. The number of nitrogens with zero attached hydrogens (tertiary/aromatic N) is 1. The molecule has 127 valence electrons. The number of hydrogen-bond donors (Lipinski definition) is 0. The third-order valence-electron chi connectivity index (χ3n) is 4.19. The van der Waals surface area contributed by atoms with Gasteiger partial charge in [-0.3, -0.25) is 4.79 Å². The Labute approximate surface area is 135 Å². The van der Waals surface area contributed by atoms with E-state index in [1.807, 2.05) is 0 Å². The van der Waals surface area contributed by atoms with Crippen LogP contribution in [0.5, 0.6) is 0 Å². The number of rotatable bonds is 7. The molecule has 0 aliphatic carbocycles. The van der Waals surface area contributed by atoms with Crippen molar-refractivity contribution in [1.29, 1.82) is 0 Å². The highest BCUT2D eigenvalue weighted by Gasteiger charge is 2.30. The monoisotopic (exact) mass is 326 g/mol. The predicted molar refractivity (Wildman–Crippen MR) is 84.2 cm³/mol. The second-order valence-corrected chi connectivity index (χ2v) is 6.02. The molecule has 0 spiro atoms. The maximum Gasteiger partial charge on any atom is 0.416 e. The minimum atomic E-state index is -4.40. The molecule has 0 unspecified atom stereocenters. The van der Waals surface area contributed by atoms with E-state index in [0.717, 1.165) is 63.9 Å². The van der Waals surface area contributed by atoms with Crippen LogP contribution in [0.2, 0.25) is 0 Å². The molecule has 0 saturated carbocycles. The van der Waals surface area contributed by atoms with E-state index in [2.05, 4.69) is 11.3 Å². The summed E-state index contributed by atoms with van der Waals surface area (Å²) in [4.78, 5) is 14.4. The number of halogens is 3. The van der Waals surface area contributed by atoms with Gasteiger partial charge in [-0.15, -0.1) is 0 Å². The predicted octanol–water partition coefficient (Wildman–Crippen LogP) is 4.75. The summed E-state index contributed by atoms with van der Waals surface area (Å²) in [6.45, 7) is 3.28. The van der Waals surface area contributed by atoms with Crippen molar-refractivity contribution in [2.75, 3.05) is 19.6 Å². The number of alkyl halides is 3. The molecule has 5 heteroatoms. The van der Waals surface area contributed by atoms with Crippen molar-refractivity contribution in [2.45, 2.75) is 44.7 Å². The van der Waals surface area contributed by atoms with Gasteiger partial charge in [-0.2, -0.15) is 13.2 Å². The maximum absolute atomic E-state index is 12.6. The molecule has 2 nitrogen and oxygen atoms in total. The van der Waals surface area contributed by atoms with E-state index in [1.54, 1.807) is 0 Å². The number of benzene rings is 1. The van der Waals surface area contributed by atoms with Gasteiger partial charge in [0.05, 0.1) is 5.56 Å². The number of ketones is 1. The van der Waals surface area contributed by atoms with Crippen LogP contribution in [-0.2, 0) is 6.18 Å². The first-order valence-corrected chi connectivity index (χ1v) is 8.21. The molecule has 1 fully saturated rings. The average molecular weight is 326 g/mol. The number of carbonyl (C=O) groups excluding carboxylic acids is 1. The summed E-state index contributed by atoms with van der Waals surface area (Å²) in [6.07, 6.45) is 3.22. The Morgan fingerprint density at radius 1 is 1.09 bits per heavy atom. The molecule has 0 atom stereocenters. The Bertz CT molecular complexity index is 507. The van der Waals surface area contributed by atoms with Crippen molar-refractivity contribution < 1.29 is 18.0 Å². The smallest absolute Gasteiger partial charge is 0.303 e. The van der Waals surface area contributed by atoms with Crippen LogP contribution in [0.15, 0.2) is 24.3 Å². The molecule has 1 heterocycles. The highest BCUT2D eigenvalue weighted by Crippen LogP contribution is 2.29. The van der Waals surface area contributed by atoms with E-state index in [0.29, 0.717) is 6.42 Å². The van der Waals surface area contributed by atoms with Crippen molar-refractivity contribution in [1.82, 2.24) is 4.90 Å². The molecule has 1 aromatic rings. The molecule has 0 N–H and O–H groups in total. The third-order valence-corrected chi connectivity index (χ3v) is 4.19. The van der Waals surface area contributed by atoms with Crippen LogP contribution in [0, 0.1) is 6.42 Å². The molecular formula is C18H23F3NO. The van der Waals surface area contributed by atoms with Crippen LogP contribution in [-0.4, -0.2) is 30.3 Å². The summed E-state index contributed by atoms with van der Waals surface area (Å²) >= 11 is 0. The lowest BCUT2D eigenvalue weighted by Gasteiger charge is -2.26. The van der Waals surface area contributed by atoms with Crippen LogP contribution in [0.3, 0.4) is 0 Å². The average Bonchev–Trinajstić information content (AvgIpc) is 2.54. The highest BCUT2D eigenvalue weighted by molar-refractivity contribution is 5.96. The van der Waals surface area contributed by atoms with Gasteiger partial charge in [-0.1, -0.05) is 18.6 Å². The fourth-order valence-corrected chi connectivity index (χ4v) is 2.84. The lowest BCUT2D eigenvalue weighted by atomic mass is 10.0. The van der Waals surface area contributed by atoms with Gasteiger partial charge in [0, 0.05) is 12.0 Å².